The quantitative estimate of drug-likeness (QED) is 0.572. The summed E-state index contributed by atoms with van der Waals surface area (Å²) in [4.78, 5) is 14.3. The summed E-state index contributed by atoms with van der Waals surface area (Å²) >= 11 is 6.51. The molecule has 0 saturated carbocycles. The van der Waals surface area contributed by atoms with Crippen molar-refractivity contribution in [1.82, 2.24) is 0 Å². The van der Waals surface area contributed by atoms with Crippen LogP contribution in [0.2, 0.25) is 5.02 Å². The molecule has 0 radical (unpaired) electrons. The van der Waals surface area contributed by atoms with E-state index in [0.29, 0.717) is 29.6 Å². The van der Waals surface area contributed by atoms with Gasteiger partial charge in [0.15, 0.2) is 6.73 Å². The third kappa shape index (κ3) is 3.30. The summed E-state index contributed by atoms with van der Waals surface area (Å²) in [6.07, 6.45) is 2.73. The van der Waals surface area contributed by atoms with Gasteiger partial charge in [-0.3, -0.25) is 0 Å². The van der Waals surface area contributed by atoms with Crippen LogP contribution in [0.4, 0.5) is 5.69 Å². The summed E-state index contributed by atoms with van der Waals surface area (Å²) in [5.41, 5.74) is 4.41. The van der Waals surface area contributed by atoms with Crippen molar-refractivity contribution in [3.05, 3.63) is 68.5 Å². The van der Waals surface area contributed by atoms with Crippen molar-refractivity contribution in [2.75, 3.05) is 11.6 Å². The van der Waals surface area contributed by atoms with Gasteiger partial charge in [-0.05, 0) is 42.2 Å². The van der Waals surface area contributed by atoms with Crippen LogP contribution in [-0.2, 0) is 19.4 Å². The third-order valence-corrected chi connectivity index (χ3v) is 5.32. The smallest absolute Gasteiger partial charge is 0.336 e. The number of ether oxygens (including phenoxy) is 1. The van der Waals surface area contributed by atoms with Crippen molar-refractivity contribution in [1.29, 1.82) is 0 Å². The fourth-order valence-electron chi connectivity index (χ4n) is 3.67. The largest absolute Gasteiger partial charge is 0.471 e. The van der Waals surface area contributed by atoms with Crippen molar-refractivity contribution < 1.29 is 9.15 Å². The average Bonchev–Trinajstić information content (AvgIpc) is 2.69. The van der Waals surface area contributed by atoms with Gasteiger partial charge in [0.2, 0.25) is 0 Å². The van der Waals surface area contributed by atoms with Crippen molar-refractivity contribution >= 4 is 28.3 Å². The lowest BCUT2D eigenvalue weighted by Gasteiger charge is -2.32. The van der Waals surface area contributed by atoms with Gasteiger partial charge in [-0.1, -0.05) is 44.0 Å². The van der Waals surface area contributed by atoms with Gasteiger partial charge in [0.1, 0.15) is 11.3 Å². The number of halogens is 1. The van der Waals surface area contributed by atoms with Crippen LogP contribution in [0.5, 0.6) is 5.75 Å². The standard InChI is InChI=1S/C22H22ClNO3/c1-3-6-15-10-20(25)27-21-17(15)11-19(23)22-18(21)12-24(13-26-22)16-8-5-7-14(4-2)9-16/h5,7-11H,3-4,6,12-13H2,1-2H3. The number of hydrogen-bond donors (Lipinski definition) is 0. The summed E-state index contributed by atoms with van der Waals surface area (Å²) in [6, 6.07) is 11.8. The zero-order chi connectivity index (χ0) is 19.0. The number of anilines is 1. The molecule has 0 bridgehead atoms. The molecule has 0 saturated heterocycles. The Bertz CT molecular complexity index is 1060. The minimum absolute atomic E-state index is 0.333. The second-order valence-corrected chi connectivity index (χ2v) is 7.29. The highest BCUT2D eigenvalue weighted by molar-refractivity contribution is 6.33. The van der Waals surface area contributed by atoms with Crippen molar-refractivity contribution in [2.45, 2.75) is 39.7 Å². The minimum atomic E-state index is -0.333. The van der Waals surface area contributed by atoms with E-state index in [4.69, 9.17) is 20.8 Å². The van der Waals surface area contributed by atoms with Gasteiger partial charge >= 0.3 is 5.63 Å². The summed E-state index contributed by atoms with van der Waals surface area (Å²) in [6.45, 7) is 5.21. The van der Waals surface area contributed by atoms with Crippen LogP contribution < -0.4 is 15.3 Å². The van der Waals surface area contributed by atoms with Gasteiger partial charge in [-0.15, -0.1) is 0 Å². The summed E-state index contributed by atoms with van der Waals surface area (Å²) in [5.74, 6) is 0.615. The molecule has 1 aliphatic rings. The second-order valence-electron chi connectivity index (χ2n) is 6.88. The van der Waals surface area contributed by atoms with E-state index in [-0.39, 0.29) is 5.63 Å². The molecule has 0 N–H and O–H groups in total. The highest BCUT2D eigenvalue weighted by atomic mass is 35.5. The van der Waals surface area contributed by atoms with Crippen LogP contribution >= 0.6 is 11.6 Å². The van der Waals surface area contributed by atoms with E-state index in [1.54, 1.807) is 6.07 Å². The lowest BCUT2D eigenvalue weighted by Crippen LogP contribution is -2.32. The van der Waals surface area contributed by atoms with Crippen molar-refractivity contribution in [3.8, 4) is 5.75 Å². The Morgan fingerprint density at radius 3 is 2.81 bits per heavy atom. The lowest BCUT2D eigenvalue weighted by molar-refractivity contribution is 0.289. The maximum atomic E-state index is 12.1. The first kappa shape index (κ1) is 17.9. The number of benzene rings is 2. The number of nitrogens with zero attached hydrogens (tertiary/aromatic N) is 1. The molecule has 0 aliphatic carbocycles. The normalized spacial score (nSPS) is 13.5. The summed E-state index contributed by atoms with van der Waals surface area (Å²) in [5, 5.41) is 1.46. The minimum Gasteiger partial charge on any atom is -0.471 e. The second kappa shape index (κ2) is 7.28. The molecule has 0 unspecified atom stereocenters. The van der Waals surface area contributed by atoms with Crippen LogP contribution in [0.25, 0.3) is 11.0 Å². The van der Waals surface area contributed by atoms with Crippen LogP contribution in [-0.4, -0.2) is 6.73 Å². The number of rotatable bonds is 4. The summed E-state index contributed by atoms with van der Waals surface area (Å²) < 4.78 is 11.6. The Morgan fingerprint density at radius 2 is 2.04 bits per heavy atom. The monoisotopic (exact) mass is 383 g/mol. The van der Waals surface area contributed by atoms with E-state index in [9.17, 15) is 4.79 Å². The fourth-order valence-corrected chi connectivity index (χ4v) is 3.94. The molecule has 0 spiro atoms. The SMILES string of the molecule is CCCc1cc(=O)oc2c3c(c(Cl)cc12)OCN(c1cccc(CC)c1)C3. The predicted molar refractivity (Wildman–Crippen MR) is 109 cm³/mol. The molecule has 1 aliphatic heterocycles. The average molecular weight is 384 g/mol. The van der Waals surface area contributed by atoms with Crippen molar-refractivity contribution in [2.24, 2.45) is 0 Å². The zero-order valence-electron chi connectivity index (χ0n) is 15.5. The highest BCUT2D eigenvalue weighted by Gasteiger charge is 2.25. The maximum absolute atomic E-state index is 12.1. The van der Waals surface area contributed by atoms with E-state index in [1.807, 2.05) is 6.07 Å². The molecular formula is C22H22ClNO3. The Labute approximate surface area is 163 Å². The number of hydrogen-bond acceptors (Lipinski definition) is 4. The van der Waals surface area contributed by atoms with E-state index >= 15 is 0 Å². The topological polar surface area (TPSA) is 42.7 Å². The van der Waals surface area contributed by atoms with Crippen LogP contribution in [0.3, 0.4) is 0 Å². The van der Waals surface area contributed by atoms with Gasteiger partial charge in [-0.25, -0.2) is 4.79 Å². The van der Waals surface area contributed by atoms with Crippen LogP contribution in [0.15, 0.2) is 45.6 Å². The maximum Gasteiger partial charge on any atom is 0.336 e. The third-order valence-electron chi connectivity index (χ3n) is 5.04. The first-order valence-electron chi connectivity index (χ1n) is 9.35. The molecule has 2 aromatic carbocycles. The first-order valence-corrected chi connectivity index (χ1v) is 9.73. The number of fused-ring (bicyclic) bond motifs is 3. The Kier molecular flexibility index (Phi) is 4.83. The highest BCUT2D eigenvalue weighted by Crippen LogP contribution is 2.40. The zero-order valence-corrected chi connectivity index (χ0v) is 16.3. The summed E-state index contributed by atoms with van der Waals surface area (Å²) in [7, 11) is 0. The van der Waals surface area contributed by atoms with E-state index in [0.717, 1.165) is 41.5 Å². The van der Waals surface area contributed by atoms with Gasteiger partial charge in [-0.2, -0.15) is 0 Å². The molecule has 2 heterocycles. The fraction of sp³-hybridized carbons (Fsp3) is 0.318. The molecule has 0 amide bonds. The van der Waals surface area contributed by atoms with Crippen LogP contribution in [0, 0.1) is 0 Å². The molecule has 0 fully saturated rings. The predicted octanol–water partition coefficient (Wildman–Crippen LogP) is 5.32. The van der Waals surface area contributed by atoms with Gasteiger partial charge in [0, 0.05) is 17.1 Å². The Balaban J connectivity index is 1.84. The molecule has 140 valence electrons. The molecule has 4 rings (SSSR count). The number of aryl methyl sites for hydroxylation is 2. The van der Waals surface area contributed by atoms with Gasteiger partial charge < -0.3 is 14.1 Å². The lowest BCUT2D eigenvalue weighted by atomic mass is 10.0. The van der Waals surface area contributed by atoms with E-state index in [2.05, 4.69) is 43.0 Å². The molecule has 4 nitrogen and oxygen atoms in total. The first-order chi connectivity index (χ1) is 13.1. The van der Waals surface area contributed by atoms with Gasteiger partial charge in [0.05, 0.1) is 17.1 Å². The molecule has 3 aromatic rings. The molecular weight excluding hydrogens is 362 g/mol. The Morgan fingerprint density at radius 1 is 1.19 bits per heavy atom. The van der Waals surface area contributed by atoms with Crippen molar-refractivity contribution in [3.63, 3.8) is 0 Å². The molecule has 5 heteroatoms. The van der Waals surface area contributed by atoms with Gasteiger partial charge in [0.25, 0.3) is 0 Å². The van der Waals surface area contributed by atoms with E-state index in [1.165, 1.54) is 5.56 Å². The molecule has 1 aromatic heterocycles. The Hall–Kier alpha value is -2.46. The molecule has 0 atom stereocenters. The van der Waals surface area contributed by atoms with Crippen LogP contribution in [0.1, 0.15) is 37.0 Å². The van der Waals surface area contributed by atoms with E-state index < -0.39 is 0 Å². The molecule has 27 heavy (non-hydrogen) atoms.